The highest BCUT2D eigenvalue weighted by Crippen LogP contribution is 2.24. The standard InChI is InChI=1S/C23H21N3O3/c1-16-5-3-7-19(13-16)26-23(28)10-9-18-6-4-8-20(14-18)29-21-11-12-24-22(15-21)25-17(2)27/h3-15H,1-2H3,(H,26,28)(H,24,25,27)/b10-9+. The van der Waals surface area contributed by atoms with Crippen molar-refractivity contribution in [3.63, 3.8) is 0 Å². The molecule has 6 nitrogen and oxygen atoms in total. The lowest BCUT2D eigenvalue weighted by Crippen LogP contribution is -2.07. The van der Waals surface area contributed by atoms with Crippen molar-refractivity contribution in [2.24, 2.45) is 0 Å². The largest absolute Gasteiger partial charge is 0.457 e. The van der Waals surface area contributed by atoms with Crippen LogP contribution in [0.5, 0.6) is 11.5 Å². The molecule has 1 heterocycles. The second kappa shape index (κ2) is 9.32. The summed E-state index contributed by atoms with van der Waals surface area (Å²) in [6, 6.07) is 18.3. The third kappa shape index (κ3) is 6.32. The van der Waals surface area contributed by atoms with Gasteiger partial charge in [0.2, 0.25) is 11.8 Å². The van der Waals surface area contributed by atoms with Crippen LogP contribution in [0.2, 0.25) is 0 Å². The molecular weight excluding hydrogens is 366 g/mol. The summed E-state index contributed by atoms with van der Waals surface area (Å²) in [7, 11) is 0. The van der Waals surface area contributed by atoms with Crippen LogP contribution in [0.1, 0.15) is 18.1 Å². The molecule has 6 heteroatoms. The Kier molecular flexibility index (Phi) is 6.37. The molecule has 0 bridgehead atoms. The highest BCUT2D eigenvalue weighted by molar-refractivity contribution is 6.02. The topological polar surface area (TPSA) is 80.3 Å². The van der Waals surface area contributed by atoms with Crippen molar-refractivity contribution < 1.29 is 14.3 Å². The van der Waals surface area contributed by atoms with Crippen molar-refractivity contribution >= 4 is 29.4 Å². The van der Waals surface area contributed by atoms with Gasteiger partial charge in [-0.3, -0.25) is 9.59 Å². The summed E-state index contributed by atoms with van der Waals surface area (Å²) >= 11 is 0. The fraction of sp³-hybridized carbons (Fsp3) is 0.0870. The van der Waals surface area contributed by atoms with E-state index in [0.29, 0.717) is 17.3 Å². The summed E-state index contributed by atoms with van der Waals surface area (Å²) in [6.07, 6.45) is 4.75. The first-order valence-electron chi connectivity index (χ1n) is 9.05. The van der Waals surface area contributed by atoms with Crippen LogP contribution in [-0.4, -0.2) is 16.8 Å². The van der Waals surface area contributed by atoms with Gasteiger partial charge in [-0.15, -0.1) is 0 Å². The molecule has 2 aromatic carbocycles. The summed E-state index contributed by atoms with van der Waals surface area (Å²) < 4.78 is 5.83. The minimum Gasteiger partial charge on any atom is -0.457 e. The van der Waals surface area contributed by atoms with Gasteiger partial charge in [-0.25, -0.2) is 4.98 Å². The Labute approximate surface area is 169 Å². The van der Waals surface area contributed by atoms with Gasteiger partial charge in [0.15, 0.2) is 0 Å². The summed E-state index contributed by atoms with van der Waals surface area (Å²) in [6.45, 7) is 3.39. The number of ether oxygens (including phenoxy) is 1. The van der Waals surface area contributed by atoms with Crippen molar-refractivity contribution in [2.75, 3.05) is 10.6 Å². The number of anilines is 2. The predicted molar refractivity (Wildman–Crippen MR) is 114 cm³/mol. The number of rotatable bonds is 6. The van der Waals surface area contributed by atoms with E-state index < -0.39 is 0 Å². The SMILES string of the molecule is CC(=O)Nc1cc(Oc2cccc(/C=C/C(=O)Nc3cccc(C)c3)c2)ccn1. The van der Waals surface area contributed by atoms with Crippen molar-refractivity contribution in [2.45, 2.75) is 13.8 Å². The fourth-order valence-corrected chi connectivity index (χ4v) is 2.62. The number of hydrogen-bond acceptors (Lipinski definition) is 4. The monoisotopic (exact) mass is 387 g/mol. The maximum Gasteiger partial charge on any atom is 0.248 e. The third-order valence-corrected chi connectivity index (χ3v) is 3.84. The number of carbonyl (C=O) groups excluding carboxylic acids is 2. The number of nitrogens with one attached hydrogen (secondary N) is 2. The zero-order valence-electron chi connectivity index (χ0n) is 16.2. The number of nitrogens with zero attached hydrogens (tertiary/aromatic N) is 1. The molecule has 3 aromatic rings. The quantitative estimate of drug-likeness (QED) is 0.596. The van der Waals surface area contributed by atoms with Gasteiger partial charge in [0, 0.05) is 31.0 Å². The molecular formula is C23H21N3O3. The summed E-state index contributed by atoms with van der Waals surface area (Å²) in [5, 5.41) is 5.44. The minimum absolute atomic E-state index is 0.203. The van der Waals surface area contributed by atoms with Crippen LogP contribution >= 0.6 is 0 Å². The molecule has 0 aliphatic heterocycles. The minimum atomic E-state index is -0.212. The van der Waals surface area contributed by atoms with Gasteiger partial charge in [-0.05, 0) is 54.5 Å². The zero-order chi connectivity index (χ0) is 20.6. The van der Waals surface area contributed by atoms with Gasteiger partial charge in [0.05, 0.1) is 0 Å². The molecule has 146 valence electrons. The second-order valence-corrected chi connectivity index (χ2v) is 6.42. The summed E-state index contributed by atoms with van der Waals surface area (Å²) in [5.41, 5.74) is 2.65. The third-order valence-electron chi connectivity index (χ3n) is 3.84. The van der Waals surface area contributed by atoms with E-state index >= 15 is 0 Å². The molecule has 0 aliphatic carbocycles. The number of amides is 2. The Morgan fingerprint density at radius 2 is 1.76 bits per heavy atom. The van der Waals surface area contributed by atoms with Crippen LogP contribution in [0.15, 0.2) is 72.9 Å². The molecule has 0 unspecified atom stereocenters. The number of aryl methyl sites for hydroxylation is 1. The van der Waals surface area contributed by atoms with Crippen molar-refractivity contribution in [3.05, 3.63) is 84.1 Å². The van der Waals surface area contributed by atoms with Crippen LogP contribution in [-0.2, 0) is 9.59 Å². The van der Waals surface area contributed by atoms with E-state index in [-0.39, 0.29) is 11.8 Å². The zero-order valence-corrected chi connectivity index (χ0v) is 16.2. The lowest BCUT2D eigenvalue weighted by Gasteiger charge is -2.08. The molecule has 0 spiro atoms. The van der Waals surface area contributed by atoms with Gasteiger partial charge in [-0.1, -0.05) is 24.3 Å². The second-order valence-electron chi connectivity index (χ2n) is 6.42. The number of carbonyl (C=O) groups is 2. The lowest BCUT2D eigenvalue weighted by molar-refractivity contribution is -0.114. The van der Waals surface area contributed by atoms with E-state index in [0.717, 1.165) is 16.8 Å². The predicted octanol–water partition coefficient (Wildman–Crippen LogP) is 4.79. The Morgan fingerprint density at radius 1 is 0.966 bits per heavy atom. The molecule has 29 heavy (non-hydrogen) atoms. The Bertz CT molecular complexity index is 1060. The maximum atomic E-state index is 12.1. The number of pyridine rings is 1. The van der Waals surface area contributed by atoms with Crippen molar-refractivity contribution in [3.8, 4) is 11.5 Å². The van der Waals surface area contributed by atoms with Gasteiger partial charge in [0.1, 0.15) is 17.3 Å². The van der Waals surface area contributed by atoms with Crippen LogP contribution in [0.3, 0.4) is 0 Å². The van der Waals surface area contributed by atoms with Crippen LogP contribution in [0.4, 0.5) is 11.5 Å². The first kappa shape index (κ1) is 19.8. The van der Waals surface area contributed by atoms with Gasteiger partial charge in [0.25, 0.3) is 0 Å². The molecule has 0 saturated carbocycles. The average molecular weight is 387 g/mol. The maximum absolute atomic E-state index is 12.1. The Balaban J connectivity index is 1.65. The molecule has 0 saturated heterocycles. The van der Waals surface area contributed by atoms with Crippen LogP contribution in [0, 0.1) is 6.92 Å². The van der Waals surface area contributed by atoms with Crippen molar-refractivity contribution in [1.82, 2.24) is 4.98 Å². The Morgan fingerprint density at radius 3 is 2.55 bits per heavy atom. The number of benzene rings is 2. The first-order valence-corrected chi connectivity index (χ1v) is 9.05. The smallest absolute Gasteiger partial charge is 0.248 e. The van der Waals surface area contributed by atoms with Crippen LogP contribution in [0.25, 0.3) is 6.08 Å². The van der Waals surface area contributed by atoms with Crippen molar-refractivity contribution in [1.29, 1.82) is 0 Å². The highest BCUT2D eigenvalue weighted by atomic mass is 16.5. The average Bonchev–Trinajstić information content (AvgIpc) is 2.66. The number of hydrogen-bond donors (Lipinski definition) is 2. The van der Waals surface area contributed by atoms with E-state index in [4.69, 9.17) is 4.74 Å². The van der Waals surface area contributed by atoms with E-state index in [1.165, 1.54) is 13.0 Å². The first-order chi connectivity index (χ1) is 14.0. The van der Waals surface area contributed by atoms with Gasteiger partial charge >= 0.3 is 0 Å². The lowest BCUT2D eigenvalue weighted by atomic mass is 10.2. The van der Waals surface area contributed by atoms with E-state index in [1.807, 2.05) is 55.5 Å². The normalized spacial score (nSPS) is 10.6. The van der Waals surface area contributed by atoms with E-state index in [9.17, 15) is 9.59 Å². The van der Waals surface area contributed by atoms with Gasteiger partial charge in [-0.2, -0.15) is 0 Å². The highest BCUT2D eigenvalue weighted by Gasteiger charge is 2.03. The molecule has 0 atom stereocenters. The molecule has 0 aliphatic rings. The molecule has 3 rings (SSSR count). The van der Waals surface area contributed by atoms with E-state index in [2.05, 4.69) is 15.6 Å². The fourth-order valence-electron chi connectivity index (χ4n) is 2.62. The molecule has 0 radical (unpaired) electrons. The molecule has 2 N–H and O–H groups in total. The molecule has 2 amide bonds. The van der Waals surface area contributed by atoms with E-state index in [1.54, 1.807) is 24.4 Å². The Hall–Kier alpha value is -3.93. The van der Waals surface area contributed by atoms with Crippen LogP contribution < -0.4 is 15.4 Å². The molecule has 0 fully saturated rings. The summed E-state index contributed by atoms with van der Waals surface area (Å²) in [4.78, 5) is 27.3. The van der Waals surface area contributed by atoms with Gasteiger partial charge < -0.3 is 15.4 Å². The number of aromatic nitrogens is 1. The summed E-state index contributed by atoms with van der Waals surface area (Å²) in [5.74, 6) is 1.15. The molecule has 1 aromatic heterocycles.